The van der Waals surface area contributed by atoms with E-state index < -0.39 is 0 Å². The van der Waals surface area contributed by atoms with Gasteiger partial charge in [-0.1, -0.05) is 51.8 Å². The highest BCUT2D eigenvalue weighted by molar-refractivity contribution is 9.10. The molecule has 4 rings (SSSR count). The van der Waals surface area contributed by atoms with Gasteiger partial charge < -0.3 is 14.6 Å². The van der Waals surface area contributed by atoms with Crippen LogP contribution in [0.1, 0.15) is 35.3 Å². The average Bonchev–Trinajstić information content (AvgIpc) is 2.79. The van der Waals surface area contributed by atoms with Gasteiger partial charge in [0.2, 0.25) is 0 Å². The zero-order valence-electron chi connectivity index (χ0n) is 17.1. The third kappa shape index (κ3) is 4.56. The molecule has 0 saturated heterocycles. The minimum atomic E-state index is -0.373. The van der Waals surface area contributed by atoms with Crippen molar-refractivity contribution in [3.63, 3.8) is 0 Å². The van der Waals surface area contributed by atoms with Gasteiger partial charge in [-0.3, -0.25) is 10.3 Å². The highest BCUT2D eigenvalue weighted by Gasteiger charge is 2.30. The van der Waals surface area contributed by atoms with E-state index >= 15 is 0 Å². The predicted molar refractivity (Wildman–Crippen MR) is 127 cm³/mol. The maximum atomic E-state index is 10.8. The van der Waals surface area contributed by atoms with E-state index in [0.717, 1.165) is 32.6 Å². The van der Waals surface area contributed by atoms with Gasteiger partial charge in [-0.05, 0) is 42.0 Å². The lowest BCUT2D eigenvalue weighted by Crippen LogP contribution is -2.33. The molecule has 2 N–H and O–H groups in total. The van der Waals surface area contributed by atoms with E-state index in [0.29, 0.717) is 17.2 Å². The summed E-state index contributed by atoms with van der Waals surface area (Å²) in [5, 5.41) is 15.0. The molecule has 0 aliphatic carbocycles. The van der Waals surface area contributed by atoms with Gasteiger partial charge in [0, 0.05) is 38.8 Å². The molecule has 3 aromatic rings. The molecule has 0 saturated carbocycles. The molecule has 0 aromatic heterocycles. The van der Waals surface area contributed by atoms with Crippen LogP contribution >= 0.6 is 27.5 Å². The summed E-state index contributed by atoms with van der Waals surface area (Å²) in [7, 11) is 3.19. The van der Waals surface area contributed by atoms with E-state index in [1.165, 1.54) is 0 Å². The van der Waals surface area contributed by atoms with Crippen LogP contribution in [0.15, 0.2) is 70.1 Å². The Morgan fingerprint density at radius 1 is 1.00 bits per heavy atom. The Morgan fingerprint density at radius 3 is 2.45 bits per heavy atom. The average molecular weight is 502 g/mol. The Morgan fingerprint density at radius 2 is 1.74 bits per heavy atom. The maximum Gasteiger partial charge on any atom is 0.162 e. The molecule has 1 heterocycles. The Bertz CT molecular complexity index is 1120. The molecule has 1 aliphatic heterocycles. The number of hydrogen-bond acceptors (Lipinski definition) is 5. The van der Waals surface area contributed by atoms with E-state index in [2.05, 4.69) is 21.2 Å². The summed E-state index contributed by atoms with van der Waals surface area (Å²) in [6, 6.07) is 18.8. The highest BCUT2D eigenvalue weighted by atomic mass is 79.9. The van der Waals surface area contributed by atoms with Crippen molar-refractivity contribution in [3.05, 3.63) is 86.8 Å². The van der Waals surface area contributed by atoms with Gasteiger partial charge in [0.15, 0.2) is 11.5 Å². The standard InChI is InChI=1S/C24H22BrClN2O3/c1-30-21-11-8-15(25)12-18(21)24-27-19(14-6-9-16(26)10-7-14)13-20(28-24)17-4-3-5-22(31-2)23(17)29/h3-12,20,24,28-29H,13H2,1-2H3/t20-,24-/m0/s1. The van der Waals surface area contributed by atoms with E-state index in [9.17, 15) is 5.11 Å². The lowest BCUT2D eigenvalue weighted by Gasteiger charge is -2.31. The first-order chi connectivity index (χ1) is 15.0. The van der Waals surface area contributed by atoms with Crippen LogP contribution in [0.3, 0.4) is 0 Å². The normalized spacial score (nSPS) is 18.4. The number of hydrogen-bond donors (Lipinski definition) is 2. The fraction of sp³-hybridized carbons (Fsp3) is 0.208. The number of rotatable bonds is 5. The molecule has 5 nitrogen and oxygen atoms in total. The van der Waals surface area contributed by atoms with E-state index in [-0.39, 0.29) is 18.0 Å². The van der Waals surface area contributed by atoms with Crippen molar-refractivity contribution < 1.29 is 14.6 Å². The van der Waals surface area contributed by atoms with Crippen molar-refractivity contribution in [2.24, 2.45) is 4.99 Å². The van der Waals surface area contributed by atoms with E-state index in [1.807, 2.05) is 54.6 Å². The topological polar surface area (TPSA) is 63.1 Å². The highest BCUT2D eigenvalue weighted by Crippen LogP contribution is 2.40. The number of phenolic OH excluding ortho intramolecular Hbond substituents is 1. The van der Waals surface area contributed by atoms with E-state index in [1.54, 1.807) is 20.3 Å². The number of benzene rings is 3. The number of ether oxygens (including phenoxy) is 2. The second-order valence-corrected chi connectivity index (χ2v) is 8.55. The number of halogens is 2. The van der Waals surface area contributed by atoms with Gasteiger partial charge in [-0.25, -0.2) is 0 Å². The van der Waals surface area contributed by atoms with Gasteiger partial charge in [0.1, 0.15) is 11.9 Å². The van der Waals surface area contributed by atoms with Crippen LogP contribution in [0.2, 0.25) is 5.02 Å². The number of nitrogens with zero attached hydrogens (tertiary/aromatic N) is 1. The van der Waals surface area contributed by atoms with Crippen LogP contribution in [0.25, 0.3) is 0 Å². The third-order valence-electron chi connectivity index (χ3n) is 5.33. The number of para-hydroxylation sites is 1. The fourth-order valence-electron chi connectivity index (χ4n) is 3.79. The molecule has 160 valence electrons. The maximum absolute atomic E-state index is 10.8. The molecule has 1 aliphatic rings. The summed E-state index contributed by atoms with van der Waals surface area (Å²) >= 11 is 9.64. The van der Waals surface area contributed by atoms with Crippen molar-refractivity contribution in [1.29, 1.82) is 0 Å². The minimum absolute atomic E-state index is 0.125. The number of aliphatic imine (C=N–C) groups is 1. The van der Waals surface area contributed by atoms with Gasteiger partial charge in [0.05, 0.1) is 14.2 Å². The van der Waals surface area contributed by atoms with Crippen LogP contribution in [-0.2, 0) is 0 Å². The van der Waals surface area contributed by atoms with Crippen molar-refractivity contribution in [2.75, 3.05) is 14.2 Å². The summed E-state index contributed by atoms with van der Waals surface area (Å²) in [6.07, 6.45) is 0.220. The predicted octanol–water partition coefficient (Wildman–Crippen LogP) is 6.05. The Kier molecular flexibility index (Phi) is 6.51. The van der Waals surface area contributed by atoms with Crippen molar-refractivity contribution in [3.8, 4) is 17.2 Å². The first-order valence-corrected chi connectivity index (χ1v) is 10.9. The van der Waals surface area contributed by atoms with Gasteiger partial charge in [-0.2, -0.15) is 0 Å². The Balaban J connectivity index is 1.81. The third-order valence-corrected chi connectivity index (χ3v) is 6.08. The van der Waals surface area contributed by atoms with Crippen LogP contribution in [0, 0.1) is 0 Å². The van der Waals surface area contributed by atoms with Crippen LogP contribution in [0.4, 0.5) is 0 Å². The first kappa shape index (κ1) is 21.7. The lowest BCUT2D eigenvalue weighted by atomic mass is 9.93. The molecule has 0 unspecified atom stereocenters. The summed E-state index contributed by atoms with van der Waals surface area (Å²) in [4.78, 5) is 5.00. The summed E-state index contributed by atoms with van der Waals surface area (Å²) in [5.41, 5.74) is 3.54. The van der Waals surface area contributed by atoms with Crippen molar-refractivity contribution in [1.82, 2.24) is 5.32 Å². The molecule has 0 fully saturated rings. The zero-order valence-corrected chi connectivity index (χ0v) is 19.4. The molecule has 0 bridgehead atoms. The molecule has 0 amide bonds. The van der Waals surface area contributed by atoms with Gasteiger partial charge in [-0.15, -0.1) is 0 Å². The van der Waals surface area contributed by atoms with Crippen LogP contribution in [0.5, 0.6) is 17.2 Å². The smallest absolute Gasteiger partial charge is 0.162 e. The molecule has 0 spiro atoms. The number of methoxy groups -OCH3 is 2. The molecule has 0 radical (unpaired) electrons. The van der Waals surface area contributed by atoms with E-state index in [4.69, 9.17) is 26.1 Å². The Hall–Kier alpha value is -2.54. The second-order valence-electron chi connectivity index (χ2n) is 7.19. The summed E-state index contributed by atoms with van der Waals surface area (Å²) in [5.74, 6) is 1.29. The minimum Gasteiger partial charge on any atom is -0.504 e. The van der Waals surface area contributed by atoms with Crippen molar-refractivity contribution in [2.45, 2.75) is 18.6 Å². The van der Waals surface area contributed by atoms with Crippen LogP contribution < -0.4 is 14.8 Å². The number of aromatic hydroxyl groups is 1. The molecular formula is C24H22BrClN2O3. The molecule has 7 heteroatoms. The largest absolute Gasteiger partial charge is 0.504 e. The molecule has 31 heavy (non-hydrogen) atoms. The van der Waals surface area contributed by atoms with Gasteiger partial charge >= 0.3 is 0 Å². The van der Waals surface area contributed by atoms with Gasteiger partial charge in [0.25, 0.3) is 0 Å². The number of nitrogens with one attached hydrogen (secondary N) is 1. The molecule has 3 aromatic carbocycles. The summed E-state index contributed by atoms with van der Waals surface area (Å²) < 4.78 is 11.8. The molecular weight excluding hydrogens is 480 g/mol. The fourth-order valence-corrected chi connectivity index (χ4v) is 4.29. The molecule has 2 atom stereocenters. The van der Waals surface area contributed by atoms with Crippen molar-refractivity contribution >= 4 is 33.2 Å². The quantitative estimate of drug-likeness (QED) is 0.447. The van der Waals surface area contributed by atoms with Crippen LogP contribution in [-0.4, -0.2) is 25.0 Å². The first-order valence-electron chi connectivity index (χ1n) is 9.78. The zero-order chi connectivity index (χ0) is 22.0. The monoisotopic (exact) mass is 500 g/mol. The number of phenols is 1. The SMILES string of the molecule is COc1ccc(Br)cc1[C@H]1N=C(c2ccc(Cl)cc2)C[C@@H](c2cccc(OC)c2O)N1. The Labute approximate surface area is 194 Å². The lowest BCUT2D eigenvalue weighted by molar-refractivity contribution is 0.357. The summed E-state index contributed by atoms with van der Waals surface area (Å²) in [6.45, 7) is 0. The second kappa shape index (κ2) is 9.30.